The van der Waals surface area contributed by atoms with Gasteiger partial charge in [0.1, 0.15) is 5.82 Å². The number of aromatic nitrogens is 2. The lowest BCUT2D eigenvalue weighted by Gasteiger charge is -2.23. The van der Waals surface area contributed by atoms with Gasteiger partial charge in [-0.1, -0.05) is 32.0 Å². The van der Waals surface area contributed by atoms with E-state index in [1.807, 2.05) is 17.9 Å². The van der Waals surface area contributed by atoms with Gasteiger partial charge in [-0.3, -0.25) is 9.48 Å². The fourth-order valence-corrected chi connectivity index (χ4v) is 3.61. The third-order valence-electron chi connectivity index (χ3n) is 5.26. The second-order valence-corrected chi connectivity index (χ2v) is 8.07. The molecule has 0 bridgehead atoms. The number of aryl methyl sites for hydroxylation is 1. The molecule has 4 nitrogen and oxygen atoms in total. The van der Waals surface area contributed by atoms with Crippen molar-refractivity contribution in [2.75, 3.05) is 0 Å². The fraction of sp³-hybridized carbons (Fsp3) is 0.545. The number of hydrogen-bond donors (Lipinski definition) is 0. The minimum atomic E-state index is -0.238. The van der Waals surface area contributed by atoms with Gasteiger partial charge < -0.3 is 4.90 Å². The third kappa shape index (κ3) is 4.76. The first kappa shape index (κ1) is 19.6. The first-order valence-corrected chi connectivity index (χ1v) is 9.92. The van der Waals surface area contributed by atoms with Gasteiger partial charge in [-0.2, -0.15) is 5.10 Å². The van der Waals surface area contributed by atoms with Crippen LogP contribution in [0.15, 0.2) is 24.3 Å². The second-order valence-electron chi connectivity index (χ2n) is 8.07. The number of carbonyl (C=O) groups excluding carboxylic acids is 1. The van der Waals surface area contributed by atoms with Crippen molar-refractivity contribution in [1.82, 2.24) is 14.7 Å². The van der Waals surface area contributed by atoms with Crippen LogP contribution in [-0.2, 0) is 24.3 Å². The second kappa shape index (κ2) is 8.24. The molecule has 0 spiro atoms. The Bertz CT molecular complexity index is 808. The molecule has 1 amide bonds. The van der Waals surface area contributed by atoms with Crippen molar-refractivity contribution >= 4 is 5.91 Å². The number of nitrogens with zero attached hydrogens (tertiary/aromatic N) is 3. The van der Waals surface area contributed by atoms with Crippen molar-refractivity contribution in [3.63, 3.8) is 0 Å². The Labute approximate surface area is 161 Å². The van der Waals surface area contributed by atoms with Crippen LogP contribution in [0.25, 0.3) is 0 Å². The lowest BCUT2D eigenvalue weighted by Crippen LogP contribution is -2.33. The van der Waals surface area contributed by atoms with Crippen LogP contribution < -0.4 is 0 Å². The zero-order chi connectivity index (χ0) is 19.6. The fourth-order valence-electron chi connectivity index (χ4n) is 3.61. The molecule has 0 atom stereocenters. The Morgan fingerprint density at radius 3 is 2.63 bits per heavy atom. The van der Waals surface area contributed by atoms with E-state index in [0.29, 0.717) is 30.9 Å². The van der Waals surface area contributed by atoms with Crippen LogP contribution in [0.2, 0.25) is 0 Å². The van der Waals surface area contributed by atoms with E-state index in [9.17, 15) is 9.18 Å². The maximum absolute atomic E-state index is 14.0. The Kier molecular flexibility index (Phi) is 5.98. The molecule has 27 heavy (non-hydrogen) atoms. The van der Waals surface area contributed by atoms with Crippen molar-refractivity contribution < 1.29 is 9.18 Å². The number of rotatable bonds is 8. The van der Waals surface area contributed by atoms with Crippen LogP contribution in [0.3, 0.4) is 0 Å². The van der Waals surface area contributed by atoms with Gasteiger partial charge in [-0.05, 0) is 50.7 Å². The number of hydrogen-bond acceptors (Lipinski definition) is 2. The van der Waals surface area contributed by atoms with Gasteiger partial charge in [0.05, 0.1) is 5.69 Å². The summed E-state index contributed by atoms with van der Waals surface area (Å²) in [5, 5.41) is 4.64. The Morgan fingerprint density at radius 2 is 2.00 bits per heavy atom. The Hall–Kier alpha value is -2.17. The summed E-state index contributed by atoms with van der Waals surface area (Å²) in [6, 6.07) is 7.00. The minimum Gasteiger partial charge on any atom is -0.335 e. The van der Waals surface area contributed by atoms with E-state index in [2.05, 4.69) is 30.6 Å². The maximum Gasteiger partial charge on any atom is 0.223 e. The Morgan fingerprint density at radius 1 is 1.30 bits per heavy atom. The predicted molar refractivity (Wildman–Crippen MR) is 105 cm³/mol. The molecule has 0 aliphatic heterocycles. The molecule has 0 N–H and O–H groups in total. The molecule has 146 valence electrons. The van der Waals surface area contributed by atoms with Crippen LogP contribution in [0, 0.1) is 25.6 Å². The molecule has 0 saturated heterocycles. The van der Waals surface area contributed by atoms with Crippen molar-refractivity contribution in [3.8, 4) is 0 Å². The lowest BCUT2D eigenvalue weighted by atomic mass is 10.1. The molecule has 3 rings (SSSR count). The van der Waals surface area contributed by atoms with Crippen LogP contribution >= 0.6 is 0 Å². The van der Waals surface area contributed by atoms with E-state index in [-0.39, 0.29) is 17.8 Å². The zero-order valence-corrected chi connectivity index (χ0v) is 16.8. The Balaban J connectivity index is 1.67. The van der Waals surface area contributed by atoms with E-state index in [0.717, 1.165) is 30.8 Å². The summed E-state index contributed by atoms with van der Waals surface area (Å²) < 4.78 is 16.1. The van der Waals surface area contributed by atoms with Crippen LogP contribution in [0.4, 0.5) is 4.39 Å². The SMILES string of the molecule is Cc1nn(CC(C)C)c(C)c1CCC(=O)N(Cc1ccccc1F)C1CC1. The smallest absolute Gasteiger partial charge is 0.223 e. The monoisotopic (exact) mass is 371 g/mol. The molecule has 1 aliphatic rings. The topological polar surface area (TPSA) is 38.1 Å². The molecule has 2 aromatic rings. The average molecular weight is 372 g/mol. The molecule has 0 radical (unpaired) electrons. The number of halogens is 1. The molecular weight excluding hydrogens is 341 g/mol. The summed E-state index contributed by atoms with van der Waals surface area (Å²) in [5.74, 6) is 0.400. The highest BCUT2D eigenvalue weighted by atomic mass is 19.1. The predicted octanol–water partition coefficient (Wildman–Crippen LogP) is 4.42. The molecule has 1 heterocycles. The summed E-state index contributed by atoms with van der Waals surface area (Å²) >= 11 is 0. The lowest BCUT2D eigenvalue weighted by molar-refractivity contribution is -0.132. The highest BCUT2D eigenvalue weighted by molar-refractivity contribution is 5.77. The van der Waals surface area contributed by atoms with E-state index in [1.165, 1.54) is 11.6 Å². The van der Waals surface area contributed by atoms with Gasteiger partial charge >= 0.3 is 0 Å². The summed E-state index contributed by atoms with van der Waals surface area (Å²) in [4.78, 5) is 14.8. The van der Waals surface area contributed by atoms with Crippen LogP contribution in [0.5, 0.6) is 0 Å². The number of benzene rings is 1. The number of carbonyl (C=O) groups is 1. The quantitative estimate of drug-likeness (QED) is 0.689. The molecular formula is C22H30FN3O. The summed E-state index contributed by atoms with van der Waals surface area (Å²) in [6.45, 7) is 9.70. The largest absolute Gasteiger partial charge is 0.335 e. The molecule has 1 fully saturated rings. The highest BCUT2D eigenvalue weighted by Gasteiger charge is 2.32. The first-order chi connectivity index (χ1) is 12.9. The molecule has 1 aromatic carbocycles. The minimum absolute atomic E-state index is 0.108. The van der Waals surface area contributed by atoms with Crippen LogP contribution in [-0.4, -0.2) is 26.6 Å². The van der Waals surface area contributed by atoms with Crippen LogP contribution in [0.1, 0.15) is 55.6 Å². The van der Waals surface area contributed by atoms with Gasteiger partial charge in [0.25, 0.3) is 0 Å². The third-order valence-corrected chi connectivity index (χ3v) is 5.26. The van der Waals surface area contributed by atoms with Gasteiger partial charge in [-0.15, -0.1) is 0 Å². The summed E-state index contributed by atoms with van der Waals surface area (Å²) in [6.07, 6.45) is 3.17. The highest BCUT2D eigenvalue weighted by Crippen LogP contribution is 2.30. The molecule has 5 heteroatoms. The van der Waals surface area contributed by atoms with Gasteiger partial charge in [0.15, 0.2) is 0 Å². The van der Waals surface area contributed by atoms with Gasteiger partial charge in [0, 0.05) is 36.8 Å². The molecule has 1 aliphatic carbocycles. The average Bonchev–Trinajstić information content (AvgIpc) is 3.40. The molecule has 0 unspecified atom stereocenters. The summed E-state index contributed by atoms with van der Waals surface area (Å²) in [5.41, 5.74) is 3.93. The van der Waals surface area contributed by atoms with Crippen molar-refractivity contribution in [3.05, 3.63) is 52.6 Å². The normalized spacial score (nSPS) is 14.0. The van der Waals surface area contributed by atoms with Gasteiger partial charge in [0.2, 0.25) is 5.91 Å². The van der Waals surface area contributed by atoms with Crippen molar-refractivity contribution in [2.45, 2.75) is 72.5 Å². The molecule has 1 aromatic heterocycles. The van der Waals surface area contributed by atoms with E-state index in [1.54, 1.807) is 12.1 Å². The standard InChI is InChI=1S/C22H30FN3O/c1-15(2)13-26-17(4)20(16(3)24-26)11-12-22(27)25(19-9-10-19)14-18-7-5-6-8-21(18)23/h5-8,15,19H,9-14H2,1-4H3. The zero-order valence-electron chi connectivity index (χ0n) is 16.8. The van der Waals surface area contributed by atoms with E-state index >= 15 is 0 Å². The van der Waals surface area contributed by atoms with E-state index in [4.69, 9.17) is 0 Å². The van der Waals surface area contributed by atoms with Crippen molar-refractivity contribution in [1.29, 1.82) is 0 Å². The van der Waals surface area contributed by atoms with Gasteiger partial charge in [-0.25, -0.2) is 4.39 Å². The van der Waals surface area contributed by atoms with E-state index < -0.39 is 0 Å². The molecule has 1 saturated carbocycles. The maximum atomic E-state index is 14.0. The first-order valence-electron chi connectivity index (χ1n) is 9.92. The summed E-state index contributed by atoms with van der Waals surface area (Å²) in [7, 11) is 0. The number of amides is 1. The van der Waals surface area contributed by atoms with Crippen molar-refractivity contribution in [2.24, 2.45) is 5.92 Å².